The van der Waals surface area contributed by atoms with Gasteiger partial charge in [-0.25, -0.2) is 0 Å². The van der Waals surface area contributed by atoms with Gasteiger partial charge in [0.05, 0.1) is 6.61 Å². The van der Waals surface area contributed by atoms with Crippen molar-refractivity contribution in [2.45, 2.75) is 6.92 Å². The molecular weight excluding hydrogens is 240 g/mol. The molecule has 4 heteroatoms. The molecule has 98 valence electrons. The van der Waals surface area contributed by atoms with Gasteiger partial charge in [-0.2, -0.15) is 0 Å². The van der Waals surface area contributed by atoms with Gasteiger partial charge in [0.15, 0.2) is 11.5 Å². The van der Waals surface area contributed by atoms with Crippen LogP contribution in [-0.4, -0.2) is 12.4 Å². The lowest BCUT2D eigenvalue weighted by Gasteiger charge is -2.11. The zero-order chi connectivity index (χ0) is 13.7. The molecule has 0 saturated carbocycles. The third kappa shape index (κ3) is 3.25. The molecule has 0 bridgehead atoms. The average molecular weight is 256 g/mol. The Hall–Kier alpha value is -2.49. The number of para-hydroxylation sites is 2. The van der Waals surface area contributed by atoms with Crippen LogP contribution in [0.5, 0.6) is 17.2 Å². The molecule has 19 heavy (non-hydrogen) atoms. The van der Waals surface area contributed by atoms with Crippen LogP contribution in [-0.2, 0) is 0 Å². The monoisotopic (exact) mass is 256 g/mol. The summed E-state index contributed by atoms with van der Waals surface area (Å²) in [5.74, 6) is 2.10. The first-order valence-electron chi connectivity index (χ1n) is 6.05. The summed E-state index contributed by atoms with van der Waals surface area (Å²) in [7, 11) is 0. The fourth-order valence-corrected chi connectivity index (χ4v) is 1.64. The summed E-state index contributed by atoms with van der Waals surface area (Å²) < 4.78 is 11.3. The van der Waals surface area contributed by atoms with Crippen LogP contribution in [0.2, 0.25) is 0 Å². The number of benzene rings is 2. The van der Waals surface area contributed by atoms with Gasteiger partial charge in [0.1, 0.15) is 11.6 Å². The summed E-state index contributed by atoms with van der Waals surface area (Å²) in [5.41, 5.74) is 6.07. The summed E-state index contributed by atoms with van der Waals surface area (Å²) in [4.78, 5) is 0. The quantitative estimate of drug-likeness (QED) is 0.637. The van der Waals surface area contributed by atoms with Crippen molar-refractivity contribution in [3.05, 3.63) is 54.1 Å². The Labute approximate surface area is 112 Å². The van der Waals surface area contributed by atoms with Crippen LogP contribution >= 0.6 is 0 Å². The molecule has 2 aromatic rings. The highest BCUT2D eigenvalue weighted by Gasteiger charge is 2.05. The first-order valence-corrected chi connectivity index (χ1v) is 6.05. The van der Waals surface area contributed by atoms with Crippen molar-refractivity contribution >= 4 is 5.84 Å². The summed E-state index contributed by atoms with van der Waals surface area (Å²) in [6, 6.07) is 14.6. The van der Waals surface area contributed by atoms with Crippen LogP contribution < -0.4 is 15.2 Å². The van der Waals surface area contributed by atoms with Crippen LogP contribution in [0, 0.1) is 5.41 Å². The SMILES string of the molecule is CCOc1ccccc1Oc1ccc(C(=N)N)cc1. The second-order valence-corrected chi connectivity index (χ2v) is 3.92. The Bertz CT molecular complexity index is 565. The molecular formula is C15H16N2O2. The van der Waals surface area contributed by atoms with E-state index in [2.05, 4.69) is 0 Å². The highest BCUT2D eigenvalue weighted by atomic mass is 16.5. The van der Waals surface area contributed by atoms with Crippen molar-refractivity contribution in [3.8, 4) is 17.2 Å². The second-order valence-electron chi connectivity index (χ2n) is 3.92. The molecule has 0 aliphatic carbocycles. The van der Waals surface area contributed by atoms with Gasteiger partial charge >= 0.3 is 0 Å². The number of nitrogen functional groups attached to an aromatic ring is 1. The van der Waals surface area contributed by atoms with Crippen LogP contribution in [0.4, 0.5) is 0 Å². The highest BCUT2D eigenvalue weighted by molar-refractivity contribution is 5.94. The first kappa shape index (κ1) is 13.0. The van der Waals surface area contributed by atoms with Crippen molar-refractivity contribution in [2.75, 3.05) is 6.61 Å². The van der Waals surface area contributed by atoms with Crippen molar-refractivity contribution in [1.82, 2.24) is 0 Å². The van der Waals surface area contributed by atoms with E-state index >= 15 is 0 Å². The number of ether oxygens (including phenoxy) is 2. The lowest BCUT2D eigenvalue weighted by Crippen LogP contribution is -2.10. The van der Waals surface area contributed by atoms with E-state index in [0.717, 1.165) is 0 Å². The Morgan fingerprint density at radius 3 is 2.26 bits per heavy atom. The molecule has 0 aliphatic rings. The van der Waals surface area contributed by atoms with Crippen LogP contribution in [0.3, 0.4) is 0 Å². The highest BCUT2D eigenvalue weighted by Crippen LogP contribution is 2.31. The zero-order valence-corrected chi connectivity index (χ0v) is 10.7. The van der Waals surface area contributed by atoms with Crippen molar-refractivity contribution in [1.29, 1.82) is 5.41 Å². The molecule has 0 amide bonds. The Morgan fingerprint density at radius 2 is 1.68 bits per heavy atom. The molecule has 0 unspecified atom stereocenters. The Morgan fingerprint density at radius 1 is 1.05 bits per heavy atom. The third-order valence-corrected chi connectivity index (χ3v) is 2.54. The van der Waals surface area contributed by atoms with Gasteiger partial charge < -0.3 is 15.2 Å². The molecule has 0 atom stereocenters. The molecule has 0 radical (unpaired) electrons. The third-order valence-electron chi connectivity index (χ3n) is 2.54. The number of amidine groups is 1. The number of nitrogens with one attached hydrogen (secondary N) is 1. The molecule has 0 saturated heterocycles. The Kier molecular flexibility index (Phi) is 4.03. The predicted molar refractivity (Wildman–Crippen MR) is 75.1 cm³/mol. The normalized spacial score (nSPS) is 9.95. The molecule has 2 rings (SSSR count). The predicted octanol–water partition coefficient (Wildman–Crippen LogP) is 3.16. The van der Waals surface area contributed by atoms with E-state index in [-0.39, 0.29) is 5.84 Å². The standard InChI is InChI=1S/C15H16N2O2/c1-2-18-13-5-3-4-6-14(13)19-12-9-7-11(8-10-12)15(16)17/h3-10H,2H2,1H3,(H3,16,17). The smallest absolute Gasteiger partial charge is 0.169 e. The van der Waals surface area contributed by atoms with Crippen molar-refractivity contribution in [3.63, 3.8) is 0 Å². The second kappa shape index (κ2) is 5.91. The fraction of sp³-hybridized carbons (Fsp3) is 0.133. The molecule has 0 aromatic heterocycles. The summed E-state index contributed by atoms with van der Waals surface area (Å²) in [6.07, 6.45) is 0. The fourth-order valence-electron chi connectivity index (χ4n) is 1.64. The number of hydrogen-bond acceptors (Lipinski definition) is 3. The van der Waals surface area contributed by atoms with Gasteiger partial charge in [0.2, 0.25) is 0 Å². The van der Waals surface area contributed by atoms with E-state index in [4.69, 9.17) is 20.6 Å². The lowest BCUT2D eigenvalue weighted by molar-refractivity contribution is 0.321. The van der Waals surface area contributed by atoms with Gasteiger partial charge in [0, 0.05) is 5.56 Å². The first-order chi connectivity index (χ1) is 9.20. The number of hydrogen-bond donors (Lipinski definition) is 2. The van der Waals surface area contributed by atoms with Gasteiger partial charge in [-0.05, 0) is 43.3 Å². The van der Waals surface area contributed by atoms with Gasteiger partial charge in [-0.1, -0.05) is 12.1 Å². The molecule has 2 aromatic carbocycles. The maximum atomic E-state index is 7.33. The summed E-state index contributed by atoms with van der Waals surface area (Å²) >= 11 is 0. The van der Waals surface area contributed by atoms with Gasteiger partial charge in [-0.15, -0.1) is 0 Å². The van der Waals surface area contributed by atoms with Gasteiger partial charge in [-0.3, -0.25) is 5.41 Å². The maximum absolute atomic E-state index is 7.33. The summed E-state index contributed by atoms with van der Waals surface area (Å²) in [5, 5.41) is 7.33. The zero-order valence-electron chi connectivity index (χ0n) is 10.7. The van der Waals surface area contributed by atoms with Crippen molar-refractivity contribution < 1.29 is 9.47 Å². The summed E-state index contributed by atoms with van der Waals surface area (Å²) in [6.45, 7) is 2.52. The minimum Gasteiger partial charge on any atom is -0.490 e. The Balaban J connectivity index is 2.19. The minimum atomic E-state index is 0.0428. The van der Waals surface area contributed by atoms with E-state index in [1.165, 1.54) is 0 Å². The van der Waals surface area contributed by atoms with Crippen molar-refractivity contribution in [2.24, 2.45) is 5.73 Å². The average Bonchev–Trinajstić information content (AvgIpc) is 2.42. The number of rotatable bonds is 5. The van der Waals surface area contributed by atoms with E-state index in [1.807, 2.05) is 31.2 Å². The molecule has 3 N–H and O–H groups in total. The van der Waals surface area contributed by atoms with Gasteiger partial charge in [0.25, 0.3) is 0 Å². The topological polar surface area (TPSA) is 68.3 Å². The van der Waals surface area contributed by atoms with Crippen LogP contribution in [0.15, 0.2) is 48.5 Å². The van der Waals surface area contributed by atoms with Crippen LogP contribution in [0.1, 0.15) is 12.5 Å². The molecule has 0 spiro atoms. The molecule has 0 fully saturated rings. The van der Waals surface area contributed by atoms with E-state index < -0.39 is 0 Å². The molecule has 0 heterocycles. The molecule has 0 aliphatic heterocycles. The van der Waals surface area contributed by atoms with E-state index in [9.17, 15) is 0 Å². The maximum Gasteiger partial charge on any atom is 0.169 e. The minimum absolute atomic E-state index is 0.0428. The number of nitrogens with two attached hydrogens (primary N) is 1. The van der Waals surface area contributed by atoms with E-state index in [1.54, 1.807) is 24.3 Å². The molecule has 4 nitrogen and oxygen atoms in total. The largest absolute Gasteiger partial charge is 0.490 e. The lowest BCUT2D eigenvalue weighted by atomic mass is 10.2. The van der Waals surface area contributed by atoms with Crippen LogP contribution in [0.25, 0.3) is 0 Å². The van der Waals surface area contributed by atoms with E-state index in [0.29, 0.717) is 29.4 Å².